The van der Waals surface area contributed by atoms with Gasteiger partial charge in [-0.1, -0.05) is 78.5 Å². The molecule has 0 aromatic heterocycles. The number of rotatable bonds is 9. The summed E-state index contributed by atoms with van der Waals surface area (Å²) in [4.78, 5) is 25.5. The Labute approximate surface area is 229 Å². The summed E-state index contributed by atoms with van der Waals surface area (Å²) in [6, 6.07) is 16.1. The Morgan fingerprint density at radius 2 is 1.61 bits per heavy atom. The Bertz CT molecular complexity index is 1280. The molecule has 0 spiro atoms. The smallest absolute Gasteiger partial charge is 0.262 e. The van der Waals surface area contributed by atoms with Crippen LogP contribution in [0.15, 0.2) is 65.8 Å². The molecule has 0 saturated carbocycles. The zero-order valence-electron chi connectivity index (χ0n) is 19.4. The van der Waals surface area contributed by atoms with Gasteiger partial charge < -0.3 is 10.1 Å². The van der Waals surface area contributed by atoms with Crippen LogP contribution in [-0.4, -0.2) is 24.1 Å². The molecule has 1 atom stereocenters. The molecule has 0 fully saturated rings. The number of benzene rings is 3. The first-order valence-electron chi connectivity index (χ1n) is 10.9. The summed E-state index contributed by atoms with van der Waals surface area (Å²) in [6.07, 6.45) is 1.46. The molecule has 0 saturated heterocycles. The molecule has 36 heavy (non-hydrogen) atoms. The fraction of sp³-hybridized carbons (Fsp3) is 0.192. The van der Waals surface area contributed by atoms with E-state index in [-0.39, 0.29) is 23.1 Å². The van der Waals surface area contributed by atoms with Crippen LogP contribution in [0.4, 0.5) is 0 Å². The first-order chi connectivity index (χ1) is 17.2. The Balaban J connectivity index is 1.65. The average molecular weight is 567 g/mol. The second-order valence-electron chi connectivity index (χ2n) is 8.12. The quantitative estimate of drug-likeness (QED) is 0.221. The van der Waals surface area contributed by atoms with Crippen molar-refractivity contribution in [1.82, 2.24) is 10.7 Å². The van der Waals surface area contributed by atoms with Gasteiger partial charge in [0, 0.05) is 26.2 Å². The zero-order valence-corrected chi connectivity index (χ0v) is 22.4. The van der Waals surface area contributed by atoms with Crippen LogP contribution in [0.25, 0.3) is 0 Å². The highest BCUT2D eigenvalue weighted by molar-refractivity contribution is 6.37. The number of hydrogen-bond acceptors (Lipinski definition) is 4. The van der Waals surface area contributed by atoms with Gasteiger partial charge in [0.15, 0.2) is 0 Å². The highest BCUT2D eigenvalue weighted by Gasteiger charge is 2.25. The summed E-state index contributed by atoms with van der Waals surface area (Å²) in [5.74, 6) is -0.636. The number of halogens is 4. The maximum absolute atomic E-state index is 12.8. The van der Waals surface area contributed by atoms with E-state index in [0.717, 1.165) is 5.56 Å². The molecule has 0 bridgehead atoms. The van der Waals surface area contributed by atoms with Gasteiger partial charge in [-0.15, -0.1) is 0 Å². The minimum absolute atomic E-state index is 0.192. The molecule has 3 aromatic rings. The monoisotopic (exact) mass is 565 g/mol. The van der Waals surface area contributed by atoms with Gasteiger partial charge in [-0.25, -0.2) is 5.43 Å². The highest BCUT2D eigenvalue weighted by Crippen LogP contribution is 2.24. The molecule has 188 valence electrons. The molecule has 0 heterocycles. The fourth-order valence-corrected chi connectivity index (χ4v) is 4.13. The second-order valence-corrected chi connectivity index (χ2v) is 9.80. The molecule has 0 radical (unpaired) electrons. The van der Waals surface area contributed by atoms with E-state index in [1.165, 1.54) is 18.3 Å². The van der Waals surface area contributed by atoms with Crippen LogP contribution >= 0.6 is 46.4 Å². The summed E-state index contributed by atoms with van der Waals surface area (Å²) in [6.45, 7) is 3.84. The number of carbonyl (C=O) groups excluding carboxylic acids is 2. The number of hydrogen-bond donors (Lipinski definition) is 2. The topological polar surface area (TPSA) is 79.8 Å². The first-order valence-corrected chi connectivity index (χ1v) is 12.4. The number of para-hydroxylation sites is 1. The third-order valence-corrected chi connectivity index (χ3v) is 6.24. The van der Waals surface area contributed by atoms with E-state index in [2.05, 4.69) is 15.8 Å². The fourth-order valence-electron chi connectivity index (χ4n) is 3.18. The van der Waals surface area contributed by atoms with Crippen molar-refractivity contribution in [2.24, 2.45) is 11.0 Å². The standard InChI is InChI=1S/C26H23Cl4N3O3/c1-15(2)24(32-25(34)20-10-9-19(28)12-22(20)30)26(35)33-31-13-16-5-3-4-6-23(16)36-14-17-7-8-18(27)11-21(17)29/h3-13,15,24H,14H2,1-2H3,(H,32,34)(H,33,35)/b31-13+. The summed E-state index contributed by atoms with van der Waals surface area (Å²) in [7, 11) is 0. The van der Waals surface area contributed by atoms with E-state index in [1.807, 2.05) is 26.0 Å². The minimum atomic E-state index is -0.847. The molecule has 0 aliphatic rings. The van der Waals surface area contributed by atoms with Gasteiger partial charge in [-0.3, -0.25) is 9.59 Å². The molecule has 2 N–H and O–H groups in total. The summed E-state index contributed by atoms with van der Waals surface area (Å²) < 4.78 is 5.90. The second kappa shape index (κ2) is 13.0. The molecule has 3 aromatic carbocycles. The van der Waals surface area contributed by atoms with Gasteiger partial charge in [0.25, 0.3) is 11.8 Å². The third-order valence-electron chi connectivity index (χ3n) is 5.11. The molecule has 2 amide bonds. The van der Waals surface area contributed by atoms with Crippen molar-refractivity contribution >= 4 is 64.4 Å². The van der Waals surface area contributed by atoms with Crippen LogP contribution in [0.2, 0.25) is 20.1 Å². The number of amides is 2. The van der Waals surface area contributed by atoms with E-state index < -0.39 is 17.9 Å². The van der Waals surface area contributed by atoms with Crippen molar-refractivity contribution in [2.45, 2.75) is 26.5 Å². The lowest BCUT2D eigenvalue weighted by molar-refractivity contribution is -0.123. The number of ether oxygens (including phenoxy) is 1. The average Bonchev–Trinajstić information content (AvgIpc) is 2.82. The van der Waals surface area contributed by atoms with Crippen LogP contribution in [0.1, 0.15) is 35.3 Å². The van der Waals surface area contributed by atoms with Gasteiger partial charge in [-0.05, 0) is 48.4 Å². The minimum Gasteiger partial charge on any atom is -0.488 e. The number of hydrazone groups is 1. The Hall–Kier alpha value is -2.77. The first kappa shape index (κ1) is 27.8. The maximum Gasteiger partial charge on any atom is 0.262 e. The predicted molar refractivity (Wildman–Crippen MR) is 146 cm³/mol. The molecule has 0 aliphatic heterocycles. The van der Waals surface area contributed by atoms with Gasteiger partial charge in [0.05, 0.1) is 16.8 Å². The van der Waals surface area contributed by atoms with Crippen molar-refractivity contribution in [3.05, 3.63) is 97.4 Å². The number of nitrogens with zero attached hydrogens (tertiary/aromatic N) is 1. The lowest BCUT2D eigenvalue weighted by atomic mass is 10.0. The predicted octanol–water partition coefficient (Wildman–Crippen LogP) is 6.78. The van der Waals surface area contributed by atoms with Crippen molar-refractivity contribution in [3.8, 4) is 5.75 Å². The van der Waals surface area contributed by atoms with E-state index in [1.54, 1.807) is 36.4 Å². The van der Waals surface area contributed by atoms with Gasteiger partial charge in [0.1, 0.15) is 18.4 Å². The van der Waals surface area contributed by atoms with E-state index in [0.29, 0.717) is 26.4 Å². The largest absolute Gasteiger partial charge is 0.488 e. The van der Waals surface area contributed by atoms with E-state index in [4.69, 9.17) is 51.1 Å². The molecular formula is C26H23Cl4N3O3. The summed E-state index contributed by atoms with van der Waals surface area (Å²) in [5, 5.41) is 8.40. The summed E-state index contributed by atoms with van der Waals surface area (Å²) >= 11 is 24.2. The molecule has 6 nitrogen and oxygen atoms in total. The van der Waals surface area contributed by atoms with E-state index >= 15 is 0 Å². The van der Waals surface area contributed by atoms with Crippen LogP contribution < -0.4 is 15.5 Å². The Morgan fingerprint density at radius 3 is 2.28 bits per heavy atom. The highest BCUT2D eigenvalue weighted by atomic mass is 35.5. The van der Waals surface area contributed by atoms with Gasteiger partial charge >= 0.3 is 0 Å². The molecule has 10 heteroatoms. The Kier molecular flexibility index (Phi) is 10.0. The lowest BCUT2D eigenvalue weighted by Crippen LogP contribution is -2.48. The summed E-state index contributed by atoms with van der Waals surface area (Å²) in [5.41, 5.74) is 4.11. The van der Waals surface area contributed by atoms with Gasteiger partial charge in [-0.2, -0.15) is 5.10 Å². The van der Waals surface area contributed by atoms with Crippen LogP contribution in [0.3, 0.4) is 0 Å². The number of nitrogens with one attached hydrogen (secondary N) is 2. The van der Waals surface area contributed by atoms with Crippen molar-refractivity contribution in [1.29, 1.82) is 0 Å². The van der Waals surface area contributed by atoms with Crippen LogP contribution in [0.5, 0.6) is 5.75 Å². The van der Waals surface area contributed by atoms with Crippen molar-refractivity contribution in [3.63, 3.8) is 0 Å². The van der Waals surface area contributed by atoms with Crippen molar-refractivity contribution < 1.29 is 14.3 Å². The normalized spacial score (nSPS) is 12.0. The Morgan fingerprint density at radius 1 is 0.944 bits per heavy atom. The molecule has 0 aliphatic carbocycles. The van der Waals surface area contributed by atoms with Crippen molar-refractivity contribution in [2.75, 3.05) is 0 Å². The lowest BCUT2D eigenvalue weighted by Gasteiger charge is -2.20. The van der Waals surface area contributed by atoms with Crippen LogP contribution in [0, 0.1) is 5.92 Å². The van der Waals surface area contributed by atoms with Crippen LogP contribution in [-0.2, 0) is 11.4 Å². The molecule has 3 rings (SSSR count). The van der Waals surface area contributed by atoms with Gasteiger partial charge in [0.2, 0.25) is 0 Å². The third kappa shape index (κ3) is 7.61. The maximum atomic E-state index is 12.8. The SMILES string of the molecule is CC(C)C(NC(=O)c1ccc(Cl)cc1Cl)C(=O)N/N=C/c1ccccc1OCc1ccc(Cl)cc1Cl. The zero-order chi connectivity index (χ0) is 26.2. The number of carbonyl (C=O) groups is 2. The molecular weight excluding hydrogens is 544 g/mol. The van der Waals surface area contributed by atoms with E-state index in [9.17, 15) is 9.59 Å². The molecule has 1 unspecified atom stereocenters.